The third-order valence-electron chi connectivity index (χ3n) is 3.00. The van der Waals surface area contributed by atoms with Crippen LogP contribution in [0.2, 0.25) is 5.02 Å². The standard InChI is InChI=1S/C15H19ClN4O2/c1-15(2,10-21)19-14(22)18-13-7-17-20(9-13)8-11-3-5-12(16)6-4-11/h3-7,9,21H,8,10H2,1-2H3,(H2,18,19,22). The van der Waals surface area contributed by atoms with Gasteiger partial charge in [0.05, 0.1) is 30.6 Å². The lowest BCUT2D eigenvalue weighted by atomic mass is 10.1. The van der Waals surface area contributed by atoms with Crippen molar-refractivity contribution in [3.8, 4) is 0 Å². The van der Waals surface area contributed by atoms with Gasteiger partial charge in [0.1, 0.15) is 0 Å². The lowest BCUT2D eigenvalue weighted by molar-refractivity contribution is 0.187. The number of carbonyl (C=O) groups excluding carboxylic acids is 1. The van der Waals surface area contributed by atoms with E-state index in [1.165, 1.54) is 0 Å². The summed E-state index contributed by atoms with van der Waals surface area (Å²) < 4.78 is 1.72. The van der Waals surface area contributed by atoms with Crippen LogP contribution in [0.3, 0.4) is 0 Å². The molecule has 1 aromatic heterocycles. The van der Waals surface area contributed by atoms with Crippen molar-refractivity contribution in [1.29, 1.82) is 0 Å². The molecule has 3 N–H and O–H groups in total. The summed E-state index contributed by atoms with van der Waals surface area (Å²) in [6.45, 7) is 3.91. The van der Waals surface area contributed by atoms with Crippen molar-refractivity contribution in [3.63, 3.8) is 0 Å². The first-order valence-electron chi connectivity index (χ1n) is 6.85. The molecule has 0 atom stereocenters. The molecule has 2 rings (SSSR count). The van der Waals surface area contributed by atoms with Crippen LogP contribution in [0.4, 0.5) is 10.5 Å². The molecule has 22 heavy (non-hydrogen) atoms. The number of carbonyl (C=O) groups is 1. The Labute approximate surface area is 134 Å². The fraction of sp³-hybridized carbons (Fsp3) is 0.333. The number of nitrogens with zero attached hydrogens (tertiary/aromatic N) is 2. The maximum Gasteiger partial charge on any atom is 0.319 e. The summed E-state index contributed by atoms with van der Waals surface area (Å²) in [6.07, 6.45) is 3.31. The highest BCUT2D eigenvalue weighted by Crippen LogP contribution is 2.12. The number of benzene rings is 1. The number of rotatable bonds is 5. The molecule has 0 aliphatic rings. The predicted molar refractivity (Wildman–Crippen MR) is 86.1 cm³/mol. The van der Waals surface area contributed by atoms with Gasteiger partial charge in [0, 0.05) is 11.2 Å². The molecule has 0 saturated heterocycles. The molecule has 118 valence electrons. The van der Waals surface area contributed by atoms with Crippen molar-refractivity contribution in [1.82, 2.24) is 15.1 Å². The largest absolute Gasteiger partial charge is 0.394 e. The zero-order valence-electron chi connectivity index (χ0n) is 12.5. The minimum absolute atomic E-state index is 0.143. The molecule has 0 unspecified atom stereocenters. The Morgan fingerprint density at radius 1 is 1.36 bits per heavy atom. The molecule has 0 aliphatic heterocycles. The molecule has 0 spiro atoms. The fourth-order valence-corrected chi connectivity index (χ4v) is 1.93. The molecular weight excluding hydrogens is 304 g/mol. The van der Waals surface area contributed by atoms with Crippen molar-refractivity contribution >= 4 is 23.3 Å². The third-order valence-corrected chi connectivity index (χ3v) is 3.25. The quantitative estimate of drug-likeness (QED) is 0.791. The summed E-state index contributed by atoms with van der Waals surface area (Å²) in [7, 11) is 0. The third kappa shape index (κ3) is 4.75. The number of urea groups is 1. The number of aliphatic hydroxyl groups is 1. The lowest BCUT2D eigenvalue weighted by Gasteiger charge is -2.23. The molecule has 0 bridgehead atoms. The Morgan fingerprint density at radius 3 is 2.68 bits per heavy atom. The average Bonchev–Trinajstić information content (AvgIpc) is 2.88. The average molecular weight is 323 g/mol. The van der Waals surface area contributed by atoms with Gasteiger partial charge in [-0.2, -0.15) is 5.10 Å². The van der Waals surface area contributed by atoms with E-state index in [1.54, 1.807) is 30.9 Å². The van der Waals surface area contributed by atoms with E-state index in [0.717, 1.165) is 5.56 Å². The summed E-state index contributed by atoms with van der Waals surface area (Å²) in [6, 6.07) is 7.11. The van der Waals surface area contributed by atoms with Crippen LogP contribution >= 0.6 is 11.6 Å². The summed E-state index contributed by atoms with van der Waals surface area (Å²) >= 11 is 5.85. The van der Waals surface area contributed by atoms with Crippen molar-refractivity contribution in [2.45, 2.75) is 25.9 Å². The second-order valence-electron chi connectivity index (χ2n) is 5.67. The molecule has 0 saturated carbocycles. The number of halogens is 1. The van der Waals surface area contributed by atoms with E-state index in [4.69, 9.17) is 16.7 Å². The van der Waals surface area contributed by atoms with Crippen LogP contribution < -0.4 is 10.6 Å². The van der Waals surface area contributed by atoms with Gasteiger partial charge in [0.2, 0.25) is 0 Å². The second-order valence-corrected chi connectivity index (χ2v) is 6.11. The van der Waals surface area contributed by atoms with Crippen LogP contribution in [0.5, 0.6) is 0 Å². The van der Waals surface area contributed by atoms with Gasteiger partial charge in [-0.25, -0.2) is 4.79 Å². The molecule has 0 fully saturated rings. The topological polar surface area (TPSA) is 79.2 Å². The fourth-order valence-electron chi connectivity index (χ4n) is 1.80. The summed E-state index contributed by atoms with van der Waals surface area (Å²) in [5, 5.41) is 19.4. The molecule has 0 aliphatic carbocycles. The van der Waals surface area contributed by atoms with Crippen LogP contribution in [-0.4, -0.2) is 33.1 Å². The Balaban J connectivity index is 1.94. The number of aromatic nitrogens is 2. The predicted octanol–water partition coefficient (Wildman–Crippen LogP) is 2.48. The van der Waals surface area contributed by atoms with Crippen LogP contribution in [0.25, 0.3) is 0 Å². The Morgan fingerprint density at radius 2 is 2.05 bits per heavy atom. The van der Waals surface area contributed by atoms with Gasteiger partial charge in [-0.05, 0) is 31.5 Å². The number of hydrogen-bond donors (Lipinski definition) is 3. The molecule has 1 heterocycles. The van der Waals surface area contributed by atoms with Gasteiger partial charge in [0.25, 0.3) is 0 Å². The normalized spacial score (nSPS) is 11.3. The van der Waals surface area contributed by atoms with Gasteiger partial charge in [-0.3, -0.25) is 4.68 Å². The first-order valence-corrected chi connectivity index (χ1v) is 7.23. The van der Waals surface area contributed by atoms with Gasteiger partial charge in [-0.1, -0.05) is 23.7 Å². The Bertz CT molecular complexity index is 637. The monoisotopic (exact) mass is 322 g/mol. The van der Waals surface area contributed by atoms with E-state index in [-0.39, 0.29) is 12.6 Å². The van der Waals surface area contributed by atoms with Crippen molar-refractivity contribution in [2.75, 3.05) is 11.9 Å². The van der Waals surface area contributed by atoms with E-state index in [1.807, 2.05) is 24.3 Å². The maximum atomic E-state index is 11.8. The smallest absolute Gasteiger partial charge is 0.319 e. The first-order chi connectivity index (χ1) is 10.4. The molecule has 6 nitrogen and oxygen atoms in total. The number of aliphatic hydroxyl groups excluding tert-OH is 1. The maximum absolute atomic E-state index is 11.8. The van der Waals surface area contributed by atoms with E-state index < -0.39 is 5.54 Å². The van der Waals surface area contributed by atoms with Crippen LogP contribution in [0, 0.1) is 0 Å². The molecule has 2 aromatic rings. The second kappa shape index (κ2) is 6.81. The van der Waals surface area contributed by atoms with Crippen molar-refractivity contribution in [2.24, 2.45) is 0 Å². The van der Waals surface area contributed by atoms with Crippen LogP contribution in [0.1, 0.15) is 19.4 Å². The summed E-state index contributed by atoms with van der Waals surface area (Å²) in [5.41, 5.74) is 0.966. The number of amides is 2. The van der Waals surface area contributed by atoms with Gasteiger partial charge in [0.15, 0.2) is 0 Å². The van der Waals surface area contributed by atoms with Crippen LogP contribution in [-0.2, 0) is 6.54 Å². The molecule has 1 aromatic carbocycles. The zero-order valence-corrected chi connectivity index (χ0v) is 13.3. The lowest BCUT2D eigenvalue weighted by Crippen LogP contribution is -2.48. The SMILES string of the molecule is CC(C)(CO)NC(=O)Nc1cnn(Cc2ccc(Cl)cc2)c1. The van der Waals surface area contributed by atoms with E-state index in [9.17, 15) is 4.79 Å². The van der Waals surface area contributed by atoms with Gasteiger partial charge in [-0.15, -0.1) is 0 Å². The Hall–Kier alpha value is -2.05. The van der Waals surface area contributed by atoms with Gasteiger partial charge >= 0.3 is 6.03 Å². The molecule has 0 radical (unpaired) electrons. The highest BCUT2D eigenvalue weighted by atomic mass is 35.5. The summed E-state index contributed by atoms with van der Waals surface area (Å²) in [5.74, 6) is 0. The molecular formula is C15H19ClN4O2. The van der Waals surface area contributed by atoms with Gasteiger partial charge < -0.3 is 15.7 Å². The first kappa shape index (κ1) is 16.3. The molecule has 2 amide bonds. The van der Waals surface area contributed by atoms with E-state index in [0.29, 0.717) is 17.3 Å². The highest BCUT2D eigenvalue weighted by molar-refractivity contribution is 6.30. The molecule has 7 heteroatoms. The van der Waals surface area contributed by atoms with Crippen LogP contribution in [0.15, 0.2) is 36.7 Å². The number of nitrogens with one attached hydrogen (secondary N) is 2. The summed E-state index contributed by atoms with van der Waals surface area (Å²) in [4.78, 5) is 11.8. The number of hydrogen-bond acceptors (Lipinski definition) is 3. The minimum atomic E-state index is -0.677. The van der Waals surface area contributed by atoms with Crippen molar-refractivity contribution < 1.29 is 9.90 Å². The Kier molecular flexibility index (Phi) is 5.05. The van der Waals surface area contributed by atoms with E-state index >= 15 is 0 Å². The zero-order chi connectivity index (χ0) is 16.2. The van der Waals surface area contributed by atoms with Crippen molar-refractivity contribution in [3.05, 3.63) is 47.2 Å². The van der Waals surface area contributed by atoms with E-state index in [2.05, 4.69) is 15.7 Å². The highest BCUT2D eigenvalue weighted by Gasteiger charge is 2.19. The number of anilines is 1. The minimum Gasteiger partial charge on any atom is -0.394 e.